The number of hydrogen-bond donors (Lipinski definition) is 0. The average molecular weight is 343 g/mol. The van der Waals surface area contributed by atoms with Gasteiger partial charge in [-0.05, 0) is 31.0 Å². The Labute approximate surface area is 135 Å². The second-order valence-electron chi connectivity index (χ2n) is 5.99. The van der Waals surface area contributed by atoms with Crippen molar-refractivity contribution in [3.63, 3.8) is 0 Å². The van der Waals surface area contributed by atoms with Gasteiger partial charge in [0, 0.05) is 17.3 Å². The van der Waals surface area contributed by atoms with E-state index in [2.05, 4.69) is 0 Å². The van der Waals surface area contributed by atoms with Crippen molar-refractivity contribution >= 4 is 33.2 Å². The van der Waals surface area contributed by atoms with Crippen molar-refractivity contribution in [2.45, 2.75) is 32.4 Å². The molecule has 0 radical (unpaired) electrons. The first kappa shape index (κ1) is 15.6. The van der Waals surface area contributed by atoms with Gasteiger partial charge in [-0.15, -0.1) is 0 Å². The van der Waals surface area contributed by atoms with Crippen LogP contribution in [0, 0.1) is 6.92 Å². The van der Waals surface area contributed by atoms with Crippen LogP contribution in [0.3, 0.4) is 0 Å². The maximum atomic E-state index is 12.7. The van der Waals surface area contributed by atoms with E-state index < -0.39 is 9.84 Å². The highest BCUT2D eigenvalue weighted by molar-refractivity contribution is 7.91. The van der Waals surface area contributed by atoms with Crippen molar-refractivity contribution in [1.82, 2.24) is 4.90 Å². The van der Waals surface area contributed by atoms with E-state index in [-0.39, 0.29) is 29.6 Å². The van der Waals surface area contributed by atoms with Gasteiger partial charge in [0.15, 0.2) is 9.84 Å². The van der Waals surface area contributed by atoms with Crippen molar-refractivity contribution in [3.8, 4) is 0 Å². The van der Waals surface area contributed by atoms with E-state index in [0.29, 0.717) is 17.3 Å². The summed E-state index contributed by atoms with van der Waals surface area (Å²) in [5, 5.41) is 0.580. The van der Waals surface area contributed by atoms with Gasteiger partial charge in [0.2, 0.25) is 0 Å². The molecule has 0 N–H and O–H groups in total. The number of amides is 2. The molecule has 3 rings (SSSR count). The molecule has 7 heteroatoms. The summed E-state index contributed by atoms with van der Waals surface area (Å²) in [6, 6.07) is 4.74. The summed E-state index contributed by atoms with van der Waals surface area (Å²) < 4.78 is 24.0. The molecule has 0 saturated carbocycles. The van der Waals surface area contributed by atoms with Gasteiger partial charge in [0.1, 0.15) is 0 Å². The van der Waals surface area contributed by atoms with Crippen molar-refractivity contribution < 1.29 is 13.2 Å². The molecule has 2 saturated heterocycles. The Morgan fingerprint density at radius 1 is 1.27 bits per heavy atom. The van der Waals surface area contributed by atoms with Crippen molar-refractivity contribution in [1.29, 1.82) is 0 Å². The van der Waals surface area contributed by atoms with Crippen LogP contribution in [-0.2, 0) is 9.84 Å². The lowest BCUT2D eigenvalue weighted by molar-refractivity contribution is 0.209. The fourth-order valence-corrected chi connectivity index (χ4v) is 5.44. The fraction of sp³-hybridized carbons (Fsp3) is 0.533. The molecule has 2 unspecified atom stereocenters. The van der Waals surface area contributed by atoms with Crippen LogP contribution >= 0.6 is 11.6 Å². The normalized spacial score (nSPS) is 26.6. The summed E-state index contributed by atoms with van der Waals surface area (Å²) in [7, 11) is -3.11. The summed E-state index contributed by atoms with van der Waals surface area (Å²) in [6.45, 7) is 4.45. The number of sulfone groups is 1. The number of benzene rings is 1. The van der Waals surface area contributed by atoms with Gasteiger partial charge in [-0.3, -0.25) is 4.90 Å². The maximum Gasteiger partial charge on any atom is 0.325 e. The molecule has 0 aliphatic carbocycles. The van der Waals surface area contributed by atoms with E-state index in [1.54, 1.807) is 15.9 Å². The lowest BCUT2D eigenvalue weighted by atomic mass is 10.1. The molecular formula is C15H19ClN2O3S. The molecule has 1 aromatic rings. The van der Waals surface area contributed by atoms with E-state index in [1.165, 1.54) is 0 Å². The van der Waals surface area contributed by atoms with Gasteiger partial charge < -0.3 is 4.90 Å². The topological polar surface area (TPSA) is 57.7 Å². The second kappa shape index (κ2) is 5.42. The third kappa shape index (κ3) is 2.48. The van der Waals surface area contributed by atoms with Gasteiger partial charge in [-0.2, -0.15) is 0 Å². The molecule has 0 spiro atoms. The molecule has 5 nitrogen and oxygen atoms in total. The van der Waals surface area contributed by atoms with Crippen molar-refractivity contribution in [3.05, 3.63) is 28.8 Å². The van der Waals surface area contributed by atoms with E-state index in [9.17, 15) is 13.2 Å². The van der Waals surface area contributed by atoms with Crippen LogP contribution in [0.15, 0.2) is 18.2 Å². The Balaban J connectivity index is 2.02. The number of aryl methyl sites for hydroxylation is 1. The van der Waals surface area contributed by atoms with Gasteiger partial charge >= 0.3 is 6.03 Å². The van der Waals surface area contributed by atoms with E-state index in [0.717, 1.165) is 12.0 Å². The Hall–Kier alpha value is -1.27. The quantitative estimate of drug-likeness (QED) is 0.793. The first-order chi connectivity index (χ1) is 10.3. The minimum Gasteiger partial charge on any atom is -0.318 e. The largest absolute Gasteiger partial charge is 0.325 e. The first-order valence-corrected chi connectivity index (χ1v) is 9.60. The number of fused-ring (bicyclic) bond motifs is 1. The van der Waals surface area contributed by atoms with E-state index >= 15 is 0 Å². The molecule has 2 heterocycles. The SMILES string of the molecule is CCCN1C(=O)N(c2ccc(C)c(Cl)c2)C2CS(=O)(=O)CC21. The van der Waals surface area contributed by atoms with Crippen LogP contribution < -0.4 is 4.90 Å². The molecule has 0 bridgehead atoms. The van der Waals surface area contributed by atoms with Crippen LogP contribution in [0.25, 0.3) is 0 Å². The third-order valence-electron chi connectivity index (χ3n) is 4.38. The molecule has 0 aromatic heterocycles. The number of urea groups is 1. The summed E-state index contributed by atoms with van der Waals surface area (Å²) in [4.78, 5) is 16.0. The lowest BCUT2D eigenvalue weighted by Crippen LogP contribution is -2.38. The van der Waals surface area contributed by atoms with Gasteiger partial charge in [0.25, 0.3) is 0 Å². The smallest absolute Gasteiger partial charge is 0.318 e. The second-order valence-corrected chi connectivity index (χ2v) is 8.55. The van der Waals surface area contributed by atoms with E-state index in [1.807, 2.05) is 26.0 Å². The highest BCUT2D eigenvalue weighted by Crippen LogP contribution is 2.36. The van der Waals surface area contributed by atoms with Crippen LogP contribution in [0.2, 0.25) is 5.02 Å². The van der Waals surface area contributed by atoms with Crippen LogP contribution in [0.1, 0.15) is 18.9 Å². The lowest BCUT2D eigenvalue weighted by Gasteiger charge is -2.22. The Morgan fingerprint density at radius 2 is 1.95 bits per heavy atom. The predicted octanol–water partition coefficient (Wildman–Crippen LogP) is 2.47. The molecular weight excluding hydrogens is 324 g/mol. The highest BCUT2D eigenvalue weighted by atomic mass is 35.5. The Kier molecular flexibility index (Phi) is 3.85. The Morgan fingerprint density at radius 3 is 2.59 bits per heavy atom. The molecule has 2 aliphatic heterocycles. The summed E-state index contributed by atoms with van der Waals surface area (Å²) in [5.41, 5.74) is 1.60. The standard InChI is InChI=1S/C15H19ClN2O3S/c1-3-6-17-13-8-22(20,21)9-14(13)18(15(17)19)11-5-4-10(2)12(16)7-11/h4-5,7,13-14H,3,6,8-9H2,1-2H3. The van der Waals surface area contributed by atoms with Gasteiger partial charge in [0.05, 0.1) is 23.6 Å². The number of hydrogen-bond acceptors (Lipinski definition) is 3. The molecule has 22 heavy (non-hydrogen) atoms. The number of nitrogens with zero attached hydrogens (tertiary/aromatic N) is 2. The molecule has 2 aliphatic rings. The maximum absolute atomic E-state index is 12.7. The molecule has 120 valence electrons. The number of anilines is 1. The molecule has 1 aromatic carbocycles. The average Bonchev–Trinajstić information content (AvgIpc) is 2.86. The van der Waals surface area contributed by atoms with Crippen molar-refractivity contribution in [2.75, 3.05) is 23.0 Å². The summed E-state index contributed by atoms with van der Waals surface area (Å²) in [6.07, 6.45) is 0.803. The zero-order chi connectivity index (χ0) is 16.1. The number of halogens is 1. The van der Waals surface area contributed by atoms with Crippen LogP contribution in [0.5, 0.6) is 0 Å². The monoisotopic (exact) mass is 342 g/mol. The fourth-order valence-electron chi connectivity index (χ4n) is 3.31. The van der Waals surface area contributed by atoms with Crippen molar-refractivity contribution in [2.24, 2.45) is 0 Å². The van der Waals surface area contributed by atoms with Crippen LogP contribution in [-0.4, -0.2) is 49.5 Å². The third-order valence-corrected chi connectivity index (χ3v) is 6.48. The van der Waals surface area contributed by atoms with Crippen LogP contribution in [0.4, 0.5) is 10.5 Å². The summed E-state index contributed by atoms with van der Waals surface area (Å²) >= 11 is 6.17. The molecule has 2 atom stereocenters. The highest BCUT2D eigenvalue weighted by Gasteiger charge is 2.53. The number of rotatable bonds is 3. The molecule has 2 amide bonds. The Bertz CT molecular complexity index is 719. The predicted molar refractivity (Wildman–Crippen MR) is 87.3 cm³/mol. The molecule has 2 fully saturated rings. The zero-order valence-electron chi connectivity index (χ0n) is 12.6. The minimum atomic E-state index is -3.11. The van der Waals surface area contributed by atoms with E-state index in [4.69, 9.17) is 11.6 Å². The zero-order valence-corrected chi connectivity index (χ0v) is 14.2. The number of carbonyl (C=O) groups is 1. The first-order valence-electron chi connectivity index (χ1n) is 7.40. The number of carbonyl (C=O) groups excluding carboxylic acids is 1. The minimum absolute atomic E-state index is 0.0229. The van der Waals surface area contributed by atoms with Gasteiger partial charge in [-0.25, -0.2) is 13.2 Å². The van der Waals surface area contributed by atoms with Gasteiger partial charge in [-0.1, -0.05) is 24.6 Å². The summed E-state index contributed by atoms with van der Waals surface area (Å²) in [5.74, 6) is 0.0780.